The summed E-state index contributed by atoms with van der Waals surface area (Å²) in [7, 11) is -1.71. The number of halogens is 1. The number of benzene rings is 1. The molecule has 1 N–H and O–H groups in total. The molecular weight excluding hydrogens is 368 g/mol. The van der Waals surface area contributed by atoms with E-state index in [2.05, 4.69) is 15.5 Å². The first-order valence-corrected chi connectivity index (χ1v) is 9.99. The SMILES string of the molecule is CN(c1ccc(C2=NNC(=NC(C)(C)C)SC2)cc1)S(C)(=O)=O.Cl. The highest BCUT2D eigenvalue weighted by Crippen LogP contribution is 2.20. The molecule has 1 aliphatic rings. The predicted octanol–water partition coefficient (Wildman–Crippen LogP) is 2.70. The summed E-state index contributed by atoms with van der Waals surface area (Å²) in [6.07, 6.45) is 1.18. The topological polar surface area (TPSA) is 74.1 Å². The van der Waals surface area contributed by atoms with Crippen LogP contribution in [0.25, 0.3) is 0 Å². The van der Waals surface area contributed by atoms with Crippen LogP contribution in [0.15, 0.2) is 34.4 Å². The molecule has 2 rings (SSSR count). The minimum absolute atomic E-state index is 0. The normalized spacial score (nSPS) is 16.9. The monoisotopic (exact) mass is 390 g/mol. The summed E-state index contributed by atoms with van der Waals surface area (Å²) in [4.78, 5) is 4.55. The van der Waals surface area contributed by atoms with Crippen molar-refractivity contribution in [2.24, 2.45) is 10.1 Å². The minimum atomic E-state index is -3.25. The van der Waals surface area contributed by atoms with Gasteiger partial charge in [0.05, 0.1) is 23.2 Å². The van der Waals surface area contributed by atoms with Gasteiger partial charge in [0.15, 0.2) is 5.17 Å². The lowest BCUT2D eigenvalue weighted by Crippen LogP contribution is -2.28. The van der Waals surface area contributed by atoms with Crippen LogP contribution < -0.4 is 9.73 Å². The van der Waals surface area contributed by atoms with Crippen molar-refractivity contribution in [2.45, 2.75) is 26.3 Å². The van der Waals surface area contributed by atoms with E-state index < -0.39 is 10.0 Å². The van der Waals surface area contributed by atoms with Gasteiger partial charge in [0.1, 0.15) is 0 Å². The summed E-state index contributed by atoms with van der Waals surface area (Å²) < 4.78 is 24.3. The molecule has 1 aromatic rings. The highest BCUT2D eigenvalue weighted by Gasteiger charge is 2.17. The first kappa shape index (κ1) is 20.8. The van der Waals surface area contributed by atoms with Crippen molar-refractivity contribution in [1.82, 2.24) is 5.43 Å². The van der Waals surface area contributed by atoms with Crippen LogP contribution in [0.5, 0.6) is 0 Å². The van der Waals surface area contributed by atoms with E-state index in [1.54, 1.807) is 23.9 Å². The zero-order valence-corrected chi connectivity index (χ0v) is 16.8. The van der Waals surface area contributed by atoms with Crippen LogP contribution in [0.2, 0.25) is 0 Å². The zero-order chi connectivity index (χ0) is 17.3. The number of anilines is 1. The van der Waals surface area contributed by atoms with Crippen LogP contribution in [0.1, 0.15) is 26.3 Å². The Morgan fingerprint density at radius 3 is 2.25 bits per heavy atom. The lowest BCUT2D eigenvalue weighted by atomic mass is 10.1. The van der Waals surface area contributed by atoms with Gasteiger partial charge in [-0.1, -0.05) is 23.9 Å². The van der Waals surface area contributed by atoms with Gasteiger partial charge in [-0.25, -0.2) is 8.42 Å². The van der Waals surface area contributed by atoms with Crippen LogP contribution in [0.4, 0.5) is 5.69 Å². The fourth-order valence-electron chi connectivity index (χ4n) is 1.88. The van der Waals surface area contributed by atoms with Crippen LogP contribution >= 0.6 is 24.2 Å². The number of nitrogens with zero attached hydrogens (tertiary/aromatic N) is 3. The highest BCUT2D eigenvalue weighted by molar-refractivity contribution is 8.14. The maximum Gasteiger partial charge on any atom is 0.231 e. The molecule has 0 fully saturated rings. The maximum atomic E-state index is 11.5. The molecule has 24 heavy (non-hydrogen) atoms. The molecule has 0 amide bonds. The Morgan fingerprint density at radius 1 is 1.25 bits per heavy atom. The molecule has 9 heteroatoms. The Kier molecular flexibility index (Phi) is 6.72. The Bertz CT molecular complexity index is 738. The Morgan fingerprint density at radius 2 is 1.83 bits per heavy atom. The molecule has 0 saturated carbocycles. The van der Waals surface area contributed by atoms with Crippen molar-refractivity contribution in [3.63, 3.8) is 0 Å². The Labute approximate surface area is 154 Å². The van der Waals surface area contributed by atoms with E-state index in [9.17, 15) is 8.42 Å². The van der Waals surface area contributed by atoms with Crippen molar-refractivity contribution < 1.29 is 8.42 Å². The van der Waals surface area contributed by atoms with Crippen LogP contribution in [-0.2, 0) is 10.0 Å². The van der Waals surface area contributed by atoms with Gasteiger partial charge >= 0.3 is 0 Å². The van der Waals surface area contributed by atoms with E-state index in [0.717, 1.165) is 22.2 Å². The van der Waals surface area contributed by atoms with Gasteiger partial charge in [-0.15, -0.1) is 12.4 Å². The number of sulfonamides is 1. The van der Waals surface area contributed by atoms with Crippen molar-refractivity contribution in [2.75, 3.05) is 23.4 Å². The molecular formula is C15H23ClN4O2S2. The third-order valence-corrected chi connectivity index (χ3v) is 5.21. The average Bonchev–Trinajstić information content (AvgIpc) is 2.45. The predicted molar refractivity (Wildman–Crippen MR) is 106 cm³/mol. The van der Waals surface area contributed by atoms with Crippen LogP contribution in [0.3, 0.4) is 0 Å². The molecule has 1 aliphatic heterocycles. The number of hydrogen-bond donors (Lipinski definition) is 1. The lowest BCUT2D eigenvalue weighted by molar-refractivity contribution is 0.582. The van der Waals surface area contributed by atoms with Gasteiger partial charge < -0.3 is 0 Å². The standard InChI is InChI=1S/C15H22N4O2S2.ClH/c1-15(2,3)16-14-18-17-13(10-22-14)11-6-8-12(9-7-11)19(4)23(5,20)21;/h6-9H,10H2,1-5H3,(H,16,18);1H. The van der Waals surface area contributed by atoms with E-state index in [1.807, 2.05) is 32.9 Å². The van der Waals surface area contributed by atoms with Gasteiger partial charge in [-0.2, -0.15) is 5.10 Å². The number of amidine groups is 1. The van der Waals surface area contributed by atoms with Crippen molar-refractivity contribution in [1.29, 1.82) is 0 Å². The molecule has 0 bridgehead atoms. The second kappa shape index (κ2) is 7.76. The number of hydrazone groups is 1. The van der Waals surface area contributed by atoms with E-state index in [0.29, 0.717) is 5.69 Å². The lowest BCUT2D eigenvalue weighted by Gasteiger charge is -2.20. The van der Waals surface area contributed by atoms with Crippen LogP contribution in [-0.4, -0.2) is 43.9 Å². The number of rotatable bonds is 3. The molecule has 0 unspecified atom stereocenters. The smallest absolute Gasteiger partial charge is 0.231 e. The van der Waals surface area contributed by atoms with E-state index in [4.69, 9.17) is 0 Å². The number of hydrogen-bond acceptors (Lipinski definition) is 5. The average molecular weight is 391 g/mol. The minimum Gasteiger partial charge on any atom is -0.274 e. The molecule has 0 saturated heterocycles. The zero-order valence-electron chi connectivity index (χ0n) is 14.4. The molecule has 1 heterocycles. The van der Waals surface area contributed by atoms with Gasteiger partial charge in [-0.05, 0) is 38.5 Å². The van der Waals surface area contributed by atoms with E-state index in [1.165, 1.54) is 17.6 Å². The quantitative estimate of drug-likeness (QED) is 0.861. The summed E-state index contributed by atoms with van der Waals surface area (Å²) in [5.41, 5.74) is 5.35. The molecule has 0 spiro atoms. The molecule has 0 aliphatic carbocycles. The van der Waals surface area contributed by atoms with E-state index >= 15 is 0 Å². The van der Waals surface area contributed by atoms with Gasteiger partial charge in [0.25, 0.3) is 0 Å². The van der Waals surface area contributed by atoms with Crippen LogP contribution in [0, 0.1) is 0 Å². The second-order valence-electron chi connectivity index (χ2n) is 6.32. The summed E-state index contributed by atoms with van der Waals surface area (Å²) in [6.45, 7) is 6.12. The van der Waals surface area contributed by atoms with Crippen molar-refractivity contribution >= 4 is 50.8 Å². The largest absolute Gasteiger partial charge is 0.274 e. The second-order valence-corrected chi connectivity index (χ2v) is 9.30. The fraction of sp³-hybridized carbons (Fsp3) is 0.467. The maximum absolute atomic E-state index is 11.5. The summed E-state index contributed by atoms with van der Waals surface area (Å²) in [5, 5.41) is 5.19. The fourth-order valence-corrected chi connectivity index (χ4v) is 3.34. The summed E-state index contributed by atoms with van der Waals surface area (Å²) >= 11 is 1.61. The van der Waals surface area contributed by atoms with Gasteiger partial charge in [-0.3, -0.25) is 14.7 Å². The molecule has 0 atom stereocenters. The molecule has 1 aromatic carbocycles. The van der Waals surface area contributed by atoms with E-state index in [-0.39, 0.29) is 17.9 Å². The van der Waals surface area contributed by atoms with Gasteiger partial charge in [0, 0.05) is 12.8 Å². The summed E-state index contributed by atoms with van der Waals surface area (Å²) in [6, 6.07) is 7.32. The highest BCUT2D eigenvalue weighted by atomic mass is 35.5. The Hall–Kier alpha value is -1.25. The number of aliphatic imine (C=N–C) groups is 1. The first-order valence-electron chi connectivity index (χ1n) is 7.16. The summed E-state index contributed by atoms with van der Waals surface area (Å²) in [5.74, 6) is 0.725. The molecule has 0 aromatic heterocycles. The number of nitrogens with one attached hydrogen (secondary N) is 1. The first-order chi connectivity index (χ1) is 10.6. The third-order valence-electron chi connectivity index (χ3n) is 3.13. The molecule has 0 radical (unpaired) electrons. The third kappa shape index (κ3) is 5.68. The van der Waals surface area contributed by atoms with Crippen molar-refractivity contribution in [3.05, 3.63) is 29.8 Å². The molecule has 6 nitrogen and oxygen atoms in total. The Balaban J connectivity index is 0.00000288. The number of thioether (sulfide) groups is 1. The molecule has 134 valence electrons. The van der Waals surface area contributed by atoms with Crippen molar-refractivity contribution in [3.8, 4) is 0 Å². The van der Waals surface area contributed by atoms with Gasteiger partial charge in [0.2, 0.25) is 10.0 Å².